The molecule has 0 aromatic heterocycles. The Labute approximate surface area is 197 Å². The average molecular weight is 499 g/mol. The monoisotopic (exact) mass is 498 g/mol. The van der Waals surface area contributed by atoms with Crippen LogP contribution in [-0.4, -0.2) is 44.9 Å². The molecule has 2 aliphatic rings. The molecular weight excluding hydrogens is 475 g/mol. The van der Waals surface area contributed by atoms with Crippen molar-refractivity contribution in [3.05, 3.63) is 52.0 Å². The maximum atomic E-state index is 13.1. The highest BCUT2D eigenvalue weighted by atomic mass is 35.5. The number of carbonyl (C=O) groups is 1. The number of rotatable bonds is 5. The van der Waals surface area contributed by atoms with Crippen LogP contribution in [0.5, 0.6) is 11.5 Å². The van der Waals surface area contributed by atoms with Crippen molar-refractivity contribution in [3.63, 3.8) is 0 Å². The van der Waals surface area contributed by atoms with Crippen LogP contribution in [0.2, 0.25) is 10.0 Å². The number of sulfonamides is 1. The van der Waals surface area contributed by atoms with Gasteiger partial charge in [0.1, 0.15) is 13.2 Å². The summed E-state index contributed by atoms with van der Waals surface area (Å²) in [7, 11) is -3.68. The number of halogens is 2. The summed E-state index contributed by atoms with van der Waals surface area (Å²) in [6.07, 6.45) is 0.896. The van der Waals surface area contributed by atoms with Gasteiger partial charge >= 0.3 is 0 Å². The lowest BCUT2D eigenvalue weighted by Crippen LogP contribution is -2.43. The smallest absolute Gasteiger partial charge is 0.243 e. The van der Waals surface area contributed by atoms with Crippen LogP contribution in [0, 0.1) is 5.92 Å². The zero-order valence-electron chi connectivity index (χ0n) is 17.5. The molecule has 1 N–H and O–H groups in total. The van der Waals surface area contributed by atoms with Crippen molar-refractivity contribution >= 4 is 39.1 Å². The lowest BCUT2D eigenvalue weighted by atomic mass is 9.96. The standard InChI is InChI=1S/C22H24Cl2N2O5S/c1-14(16-2-4-18(23)19(24)12-16)25-22(27)15-6-8-26(9-7-15)32(28,29)17-3-5-20-21(13-17)31-11-10-30-20/h2-5,12-15H,6-11H2,1H3,(H,25,27)/t14-/m1/s1. The van der Waals surface area contributed by atoms with Gasteiger partial charge in [0.05, 0.1) is 21.0 Å². The molecule has 2 aromatic carbocycles. The van der Waals surface area contributed by atoms with Gasteiger partial charge in [-0.05, 0) is 49.6 Å². The van der Waals surface area contributed by atoms with Gasteiger partial charge in [0.25, 0.3) is 0 Å². The SMILES string of the molecule is C[C@@H](NC(=O)C1CCN(S(=O)(=O)c2ccc3c(c2)OCCO3)CC1)c1ccc(Cl)c(Cl)c1. The second-order valence-corrected chi connectivity index (χ2v) is 10.6. The van der Waals surface area contributed by atoms with Crippen LogP contribution in [0.15, 0.2) is 41.3 Å². The van der Waals surface area contributed by atoms with E-state index in [-0.39, 0.29) is 35.9 Å². The topological polar surface area (TPSA) is 84.9 Å². The highest BCUT2D eigenvalue weighted by molar-refractivity contribution is 7.89. The molecule has 0 aliphatic carbocycles. The second-order valence-electron chi connectivity index (χ2n) is 7.89. The third-order valence-electron chi connectivity index (χ3n) is 5.78. The van der Waals surface area contributed by atoms with E-state index in [4.69, 9.17) is 32.7 Å². The van der Waals surface area contributed by atoms with E-state index in [1.807, 2.05) is 13.0 Å². The first-order valence-electron chi connectivity index (χ1n) is 10.4. The lowest BCUT2D eigenvalue weighted by molar-refractivity contribution is -0.126. The summed E-state index contributed by atoms with van der Waals surface area (Å²) in [6, 6.07) is 9.66. The number of ether oxygens (including phenoxy) is 2. The van der Waals surface area contributed by atoms with E-state index in [1.54, 1.807) is 18.2 Å². The van der Waals surface area contributed by atoms with Crippen LogP contribution in [0.1, 0.15) is 31.4 Å². The average Bonchev–Trinajstić information content (AvgIpc) is 2.80. The molecule has 10 heteroatoms. The fourth-order valence-corrected chi connectivity index (χ4v) is 5.68. The minimum absolute atomic E-state index is 0.0973. The van der Waals surface area contributed by atoms with E-state index >= 15 is 0 Å². The Hall–Kier alpha value is -2.00. The fraction of sp³-hybridized carbons (Fsp3) is 0.409. The third kappa shape index (κ3) is 4.83. The van der Waals surface area contributed by atoms with Gasteiger partial charge in [0.15, 0.2) is 11.5 Å². The Kier molecular flexibility index (Phi) is 6.86. The summed E-state index contributed by atoms with van der Waals surface area (Å²) in [4.78, 5) is 12.9. The van der Waals surface area contributed by atoms with E-state index in [0.717, 1.165) is 5.56 Å². The first-order chi connectivity index (χ1) is 15.3. The summed E-state index contributed by atoms with van der Waals surface area (Å²) in [5.74, 6) is 0.622. The van der Waals surface area contributed by atoms with Crippen molar-refractivity contribution in [1.82, 2.24) is 9.62 Å². The predicted molar refractivity (Wildman–Crippen MR) is 122 cm³/mol. The number of nitrogens with one attached hydrogen (secondary N) is 1. The molecule has 32 heavy (non-hydrogen) atoms. The van der Waals surface area contributed by atoms with E-state index in [0.29, 0.717) is 47.6 Å². The minimum Gasteiger partial charge on any atom is -0.486 e. The third-order valence-corrected chi connectivity index (χ3v) is 8.41. The predicted octanol–water partition coefficient (Wildman–Crippen LogP) is 4.04. The summed E-state index contributed by atoms with van der Waals surface area (Å²) >= 11 is 12.0. The summed E-state index contributed by atoms with van der Waals surface area (Å²) in [5.41, 5.74) is 0.853. The number of fused-ring (bicyclic) bond motifs is 1. The number of amides is 1. The molecule has 0 bridgehead atoms. The van der Waals surface area contributed by atoms with E-state index < -0.39 is 10.0 Å². The molecule has 2 aliphatic heterocycles. The van der Waals surface area contributed by atoms with Gasteiger partial charge < -0.3 is 14.8 Å². The molecule has 4 rings (SSSR count). The lowest BCUT2D eigenvalue weighted by Gasteiger charge is -2.31. The molecule has 0 spiro atoms. The number of carbonyl (C=O) groups excluding carboxylic acids is 1. The van der Waals surface area contributed by atoms with Gasteiger partial charge in [-0.15, -0.1) is 0 Å². The Morgan fingerprint density at radius 1 is 1.03 bits per heavy atom. The summed E-state index contributed by atoms with van der Waals surface area (Å²) < 4.78 is 38.5. The van der Waals surface area contributed by atoms with Crippen LogP contribution in [0.3, 0.4) is 0 Å². The Bertz CT molecular complexity index is 1120. The minimum atomic E-state index is -3.68. The maximum absolute atomic E-state index is 13.1. The molecule has 1 atom stereocenters. The maximum Gasteiger partial charge on any atom is 0.243 e. The number of benzene rings is 2. The molecule has 0 radical (unpaired) electrons. The van der Waals surface area contributed by atoms with Crippen molar-refractivity contribution in [3.8, 4) is 11.5 Å². The van der Waals surface area contributed by atoms with Crippen LogP contribution in [-0.2, 0) is 14.8 Å². The van der Waals surface area contributed by atoms with Crippen molar-refractivity contribution in [1.29, 1.82) is 0 Å². The number of nitrogens with zero attached hydrogens (tertiary/aromatic N) is 1. The molecule has 2 aromatic rings. The number of piperidine rings is 1. The molecule has 0 unspecified atom stereocenters. The van der Waals surface area contributed by atoms with Crippen LogP contribution in [0.4, 0.5) is 0 Å². The van der Waals surface area contributed by atoms with E-state index in [1.165, 1.54) is 16.4 Å². The zero-order chi connectivity index (χ0) is 22.9. The van der Waals surface area contributed by atoms with Crippen LogP contribution >= 0.6 is 23.2 Å². The van der Waals surface area contributed by atoms with E-state index in [9.17, 15) is 13.2 Å². The highest BCUT2D eigenvalue weighted by Crippen LogP contribution is 2.34. The quantitative estimate of drug-likeness (QED) is 0.672. The fourth-order valence-electron chi connectivity index (χ4n) is 3.89. The molecular formula is C22H24Cl2N2O5S. The molecule has 172 valence electrons. The number of hydrogen-bond donors (Lipinski definition) is 1. The zero-order valence-corrected chi connectivity index (χ0v) is 19.8. The Balaban J connectivity index is 1.37. The van der Waals surface area contributed by atoms with Gasteiger partial charge in [-0.2, -0.15) is 4.31 Å². The van der Waals surface area contributed by atoms with Crippen LogP contribution in [0.25, 0.3) is 0 Å². The van der Waals surface area contributed by atoms with Gasteiger partial charge in [0, 0.05) is 25.1 Å². The normalized spacial score (nSPS) is 18.2. The van der Waals surface area contributed by atoms with Crippen molar-refractivity contribution in [2.24, 2.45) is 5.92 Å². The van der Waals surface area contributed by atoms with E-state index in [2.05, 4.69) is 5.32 Å². The van der Waals surface area contributed by atoms with Crippen molar-refractivity contribution < 1.29 is 22.7 Å². The molecule has 2 heterocycles. The van der Waals surface area contributed by atoms with Crippen LogP contribution < -0.4 is 14.8 Å². The van der Waals surface area contributed by atoms with Crippen molar-refractivity contribution in [2.45, 2.75) is 30.7 Å². The molecule has 1 saturated heterocycles. The first-order valence-corrected chi connectivity index (χ1v) is 12.6. The number of hydrogen-bond acceptors (Lipinski definition) is 5. The largest absolute Gasteiger partial charge is 0.486 e. The first kappa shape index (κ1) is 23.2. The molecule has 1 fully saturated rings. The second kappa shape index (κ2) is 9.47. The van der Waals surface area contributed by atoms with Gasteiger partial charge in [0.2, 0.25) is 15.9 Å². The summed E-state index contributed by atoms with van der Waals surface area (Å²) in [6.45, 7) is 3.25. The molecule has 0 saturated carbocycles. The summed E-state index contributed by atoms with van der Waals surface area (Å²) in [5, 5.41) is 3.89. The van der Waals surface area contributed by atoms with Gasteiger partial charge in [-0.25, -0.2) is 8.42 Å². The molecule has 1 amide bonds. The molecule has 7 nitrogen and oxygen atoms in total. The van der Waals surface area contributed by atoms with Gasteiger partial charge in [-0.3, -0.25) is 4.79 Å². The van der Waals surface area contributed by atoms with Gasteiger partial charge in [-0.1, -0.05) is 29.3 Å². The highest BCUT2D eigenvalue weighted by Gasteiger charge is 2.33. The Morgan fingerprint density at radius 3 is 2.41 bits per heavy atom. The Morgan fingerprint density at radius 2 is 1.72 bits per heavy atom. The van der Waals surface area contributed by atoms with Crippen molar-refractivity contribution in [2.75, 3.05) is 26.3 Å².